The molecule has 1 heterocycles. The third-order valence-corrected chi connectivity index (χ3v) is 4.39. The van der Waals surface area contributed by atoms with Crippen LogP contribution >= 0.6 is 0 Å². The van der Waals surface area contributed by atoms with Gasteiger partial charge in [-0.05, 0) is 44.7 Å². The van der Waals surface area contributed by atoms with Crippen LogP contribution in [0.3, 0.4) is 0 Å². The van der Waals surface area contributed by atoms with Crippen LogP contribution in [0.25, 0.3) is 0 Å². The van der Waals surface area contributed by atoms with Gasteiger partial charge in [-0.2, -0.15) is 0 Å². The second-order valence-electron chi connectivity index (χ2n) is 5.72. The molecule has 1 N–H and O–H groups in total. The fourth-order valence-corrected chi connectivity index (χ4v) is 3.21. The van der Waals surface area contributed by atoms with Crippen LogP contribution in [-0.4, -0.2) is 37.1 Å². The molecule has 2 atom stereocenters. The maximum atomic E-state index is 3.78. The van der Waals surface area contributed by atoms with E-state index in [1.54, 1.807) is 0 Å². The first-order valence-electron chi connectivity index (χ1n) is 7.32. The number of hydrogen-bond donors (Lipinski definition) is 1. The minimum Gasteiger partial charge on any atom is -0.312 e. The van der Waals surface area contributed by atoms with E-state index < -0.39 is 0 Å². The van der Waals surface area contributed by atoms with Crippen LogP contribution in [0.1, 0.15) is 51.9 Å². The summed E-state index contributed by atoms with van der Waals surface area (Å²) in [5.41, 5.74) is 0. The molecule has 0 aromatic rings. The Hall–Kier alpha value is -0.0800. The predicted molar refractivity (Wildman–Crippen MR) is 69.7 cm³/mol. The summed E-state index contributed by atoms with van der Waals surface area (Å²) in [6, 6.07) is 0.804. The van der Waals surface area contributed by atoms with Crippen molar-refractivity contribution in [3.63, 3.8) is 0 Å². The molecule has 0 bridgehead atoms. The standard InChI is InChI=1S/C14H28N2/c1-13-7-3-4-8-14(13)15-9-12-16-10-5-2-6-11-16/h13-15H,2-12H2,1H3/t13-,14+/m1/s1. The number of rotatable bonds is 4. The van der Waals surface area contributed by atoms with Crippen LogP contribution in [0, 0.1) is 5.92 Å². The lowest BCUT2D eigenvalue weighted by atomic mass is 9.86. The van der Waals surface area contributed by atoms with Crippen molar-refractivity contribution in [3.8, 4) is 0 Å². The summed E-state index contributed by atoms with van der Waals surface area (Å²) in [6.07, 6.45) is 10.0. The molecule has 94 valence electrons. The van der Waals surface area contributed by atoms with Gasteiger partial charge in [0.2, 0.25) is 0 Å². The molecule has 1 saturated carbocycles. The Morgan fingerprint density at radius 2 is 1.75 bits per heavy atom. The van der Waals surface area contributed by atoms with Gasteiger partial charge in [-0.1, -0.05) is 26.2 Å². The van der Waals surface area contributed by atoms with Crippen molar-refractivity contribution >= 4 is 0 Å². The summed E-state index contributed by atoms with van der Waals surface area (Å²) in [7, 11) is 0. The summed E-state index contributed by atoms with van der Waals surface area (Å²) >= 11 is 0. The summed E-state index contributed by atoms with van der Waals surface area (Å²) in [5, 5.41) is 3.78. The van der Waals surface area contributed by atoms with Gasteiger partial charge in [0.1, 0.15) is 0 Å². The van der Waals surface area contributed by atoms with Crippen molar-refractivity contribution in [2.24, 2.45) is 5.92 Å². The summed E-state index contributed by atoms with van der Waals surface area (Å²) in [6.45, 7) is 7.56. The smallest absolute Gasteiger partial charge is 0.0107 e. The van der Waals surface area contributed by atoms with Gasteiger partial charge >= 0.3 is 0 Å². The first-order valence-corrected chi connectivity index (χ1v) is 7.32. The summed E-state index contributed by atoms with van der Waals surface area (Å²) in [5.74, 6) is 0.898. The Kier molecular flexibility index (Phi) is 5.11. The normalized spacial score (nSPS) is 32.8. The molecule has 0 amide bonds. The van der Waals surface area contributed by atoms with Gasteiger partial charge < -0.3 is 10.2 Å². The molecule has 0 aromatic heterocycles. The fraction of sp³-hybridized carbons (Fsp3) is 1.00. The lowest BCUT2D eigenvalue weighted by Gasteiger charge is -2.31. The van der Waals surface area contributed by atoms with Crippen molar-refractivity contribution in [1.29, 1.82) is 0 Å². The van der Waals surface area contributed by atoms with Gasteiger partial charge in [0.05, 0.1) is 0 Å². The Balaban J connectivity index is 1.59. The predicted octanol–water partition coefficient (Wildman–Crippen LogP) is 2.64. The Labute approximate surface area is 101 Å². The first kappa shape index (κ1) is 12.4. The maximum absolute atomic E-state index is 3.78. The number of piperidine rings is 1. The quantitative estimate of drug-likeness (QED) is 0.790. The van der Waals surface area contributed by atoms with E-state index in [-0.39, 0.29) is 0 Å². The van der Waals surface area contributed by atoms with Crippen molar-refractivity contribution < 1.29 is 0 Å². The number of nitrogens with zero attached hydrogens (tertiary/aromatic N) is 1. The maximum Gasteiger partial charge on any atom is 0.0107 e. The van der Waals surface area contributed by atoms with E-state index in [0.29, 0.717) is 0 Å². The SMILES string of the molecule is C[C@@H]1CCCC[C@@H]1NCCN1CCCCC1. The summed E-state index contributed by atoms with van der Waals surface area (Å²) in [4.78, 5) is 2.63. The zero-order valence-corrected chi connectivity index (χ0v) is 10.9. The number of likely N-dealkylation sites (tertiary alicyclic amines) is 1. The van der Waals surface area contributed by atoms with E-state index in [9.17, 15) is 0 Å². The Morgan fingerprint density at radius 3 is 2.50 bits per heavy atom. The van der Waals surface area contributed by atoms with Crippen LogP contribution < -0.4 is 5.32 Å². The minimum absolute atomic E-state index is 0.804. The van der Waals surface area contributed by atoms with Crippen LogP contribution in [0.4, 0.5) is 0 Å². The molecule has 2 rings (SSSR count). The zero-order valence-electron chi connectivity index (χ0n) is 10.9. The van der Waals surface area contributed by atoms with E-state index in [2.05, 4.69) is 17.1 Å². The van der Waals surface area contributed by atoms with Gasteiger partial charge in [0.25, 0.3) is 0 Å². The van der Waals surface area contributed by atoms with Crippen LogP contribution in [-0.2, 0) is 0 Å². The average molecular weight is 224 g/mol. The monoisotopic (exact) mass is 224 g/mol. The van der Waals surface area contributed by atoms with E-state index in [1.807, 2.05) is 0 Å². The highest BCUT2D eigenvalue weighted by atomic mass is 15.1. The van der Waals surface area contributed by atoms with Gasteiger partial charge in [-0.15, -0.1) is 0 Å². The second kappa shape index (κ2) is 6.61. The second-order valence-corrected chi connectivity index (χ2v) is 5.72. The Morgan fingerprint density at radius 1 is 1.00 bits per heavy atom. The Bertz CT molecular complexity index is 187. The average Bonchev–Trinajstić information content (AvgIpc) is 2.33. The first-order chi connectivity index (χ1) is 7.86. The highest BCUT2D eigenvalue weighted by Crippen LogP contribution is 2.23. The lowest BCUT2D eigenvalue weighted by molar-refractivity contribution is 0.213. The van der Waals surface area contributed by atoms with E-state index in [4.69, 9.17) is 0 Å². The largest absolute Gasteiger partial charge is 0.312 e. The lowest BCUT2D eigenvalue weighted by Crippen LogP contribution is -2.42. The molecule has 1 aliphatic heterocycles. The molecule has 2 nitrogen and oxygen atoms in total. The molecule has 2 fully saturated rings. The van der Waals surface area contributed by atoms with Gasteiger partial charge in [-0.3, -0.25) is 0 Å². The topological polar surface area (TPSA) is 15.3 Å². The number of nitrogens with one attached hydrogen (secondary N) is 1. The van der Waals surface area contributed by atoms with Crippen molar-refractivity contribution in [3.05, 3.63) is 0 Å². The highest BCUT2D eigenvalue weighted by molar-refractivity contribution is 4.78. The third kappa shape index (κ3) is 3.74. The van der Waals surface area contributed by atoms with E-state index >= 15 is 0 Å². The van der Waals surface area contributed by atoms with E-state index in [0.717, 1.165) is 12.0 Å². The van der Waals surface area contributed by atoms with Gasteiger partial charge in [0, 0.05) is 19.1 Å². The van der Waals surface area contributed by atoms with Crippen LogP contribution in [0.5, 0.6) is 0 Å². The molecule has 16 heavy (non-hydrogen) atoms. The van der Waals surface area contributed by atoms with Crippen LogP contribution in [0.15, 0.2) is 0 Å². The number of hydrogen-bond acceptors (Lipinski definition) is 2. The van der Waals surface area contributed by atoms with Crippen molar-refractivity contribution in [2.75, 3.05) is 26.2 Å². The minimum atomic E-state index is 0.804. The van der Waals surface area contributed by atoms with E-state index in [1.165, 1.54) is 71.1 Å². The van der Waals surface area contributed by atoms with Gasteiger partial charge in [0.15, 0.2) is 0 Å². The molecule has 0 unspecified atom stereocenters. The van der Waals surface area contributed by atoms with Crippen molar-refractivity contribution in [2.45, 2.75) is 57.9 Å². The molecule has 0 aromatic carbocycles. The highest BCUT2D eigenvalue weighted by Gasteiger charge is 2.20. The molecular weight excluding hydrogens is 196 g/mol. The molecule has 1 saturated heterocycles. The molecule has 2 heteroatoms. The fourth-order valence-electron chi connectivity index (χ4n) is 3.21. The zero-order chi connectivity index (χ0) is 11.2. The molecular formula is C14H28N2. The van der Waals surface area contributed by atoms with Crippen LogP contribution in [0.2, 0.25) is 0 Å². The molecule has 0 spiro atoms. The third-order valence-electron chi connectivity index (χ3n) is 4.39. The van der Waals surface area contributed by atoms with Gasteiger partial charge in [-0.25, -0.2) is 0 Å². The molecule has 1 aliphatic carbocycles. The summed E-state index contributed by atoms with van der Waals surface area (Å²) < 4.78 is 0. The van der Waals surface area contributed by atoms with Crippen molar-refractivity contribution in [1.82, 2.24) is 10.2 Å². The molecule has 2 aliphatic rings. The molecule has 0 radical (unpaired) electrons.